The van der Waals surface area contributed by atoms with E-state index in [-0.39, 0.29) is 0 Å². The molecular formula is C31H26N2. The molecule has 0 fully saturated rings. The Labute approximate surface area is 195 Å². The van der Waals surface area contributed by atoms with Crippen LogP contribution in [0.2, 0.25) is 0 Å². The van der Waals surface area contributed by atoms with E-state index in [9.17, 15) is 0 Å². The summed E-state index contributed by atoms with van der Waals surface area (Å²) in [6.07, 6.45) is 0. The van der Waals surface area contributed by atoms with Crippen LogP contribution in [0.4, 0.5) is 28.4 Å². The molecule has 0 aliphatic heterocycles. The van der Waals surface area contributed by atoms with Gasteiger partial charge in [-0.2, -0.15) is 0 Å². The minimum atomic E-state index is 1.05. The molecule has 0 aliphatic carbocycles. The first kappa shape index (κ1) is 20.6. The second-order valence-electron chi connectivity index (χ2n) is 8.04. The summed E-state index contributed by atoms with van der Waals surface area (Å²) in [7, 11) is 0. The molecule has 0 saturated heterocycles. The molecule has 5 aromatic carbocycles. The maximum Gasteiger partial charge on any atom is 0.0696 e. The van der Waals surface area contributed by atoms with Crippen molar-refractivity contribution in [3.63, 3.8) is 0 Å². The molecule has 0 heterocycles. The minimum absolute atomic E-state index is 1.05. The summed E-state index contributed by atoms with van der Waals surface area (Å²) in [5, 5.41) is 3.68. The third kappa shape index (κ3) is 4.51. The van der Waals surface area contributed by atoms with Crippen molar-refractivity contribution in [2.24, 2.45) is 0 Å². The van der Waals surface area contributed by atoms with E-state index in [0.717, 1.165) is 28.4 Å². The van der Waals surface area contributed by atoms with Crippen LogP contribution in [0.1, 0.15) is 5.56 Å². The van der Waals surface area contributed by atoms with Crippen molar-refractivity contribution in [2.75, 3.05) is 10.2 Å². The first-order chi connectivity index (χ1) is 16.3. The molecular weight excluding hydrogens is 400 g/mol. The topological polar surface area (TPSA) is 15.3 Å². The van der Waals surface area contributed by atoms with E-state index in [1.807, 2.05) is 12.1 Å². The molecule has 0 amide bonds. The van der Waals surface area contributed by atoms with Crippen molar-refractivity contribution < 1.29 is 0 Å². The van der Waals surface area contributed by atoms with E-state index in [4.69, 9.17) is 0 Å². The Kier molecular flexibility index (Phi) is 5.90. The van der Waals surface area contributed by atoms with E-state index in [1.54, 1.807) is 0 Å². The summed E-state index contributed by atoms with van der Waals surface area (Å²) >= 11 is 0. The van der Waals surface area contributed by atoms with E-state index in [2.05, 4.69) is 138 Å². The fraction of sp³-hybridized carbons (Fsp3) is 0.0323. The summed E-state index contributed by atoms with van der Waals surface area (Å²) in [6.45, 7) is 2.16. The summed E-state index contributed by atoms with van der Waals surface area (Å²) in [5.41, 5.74) is 9.17. The van der Waals surface area contributed by atoms with E-state index in [1.165, 1.54) is 16.7 Å². The van der Waals surface area contributed by atoms with Gasteiger partial charge in [0, 0.05) is 17.1 Å². The molecule has 160 valence electrons. The van der Waals surface area contributed by atoms with E-state index < -0.39 is 0 Å². The Morgan fingerprint density at radius 1 is 0.545 bits per heavy atom. The van der Waals surface area contributed by atoms with Gasteiger partial charge >= 0.3 is 0 Å². The smallest absolute Gasteiger partial charge is 0.0696 e. The third-order valence-electron chi connectivity index (χ3n) is 5.77. The number of anilines is 5. The normalized spacial score (nSPS) is 10.6. The van der Waals surface area contributed by atoms with Crippen LogP contribution in [-0.2, 0) is 0 Å². The summed E-state index contributed by atoms with van der Waals surface area (Å²) in [5.74, 6) is 0. The first-order valence-electron chi connectivity index (χ1n) is 11.2. The number of hydrogen-bond donors (Lipinski definition) is 1. The zero-order valence-electron chi connectivity index (χ0n) is 18.6. The Morgan fingerprint density at radius 2 is 1.15 bits per heavy atom. The maximum absolute atomic E-state index is 3.68. The van der Waals surface area contributed by atoms with E-state index in [0.29, 0.717) is 0 Å². The lowest BCUT2D eigenvalue weighted by molar-refractivity contribution is 1.28. The summed E-state index contributed by atoms with van der Waals surface area (Å²) in [4.78, 5) is 2.29. The largest absolute Gasteiger partial charge is 0.354 e. The highest BCUT2D eigenvalue weighted by Crippen LogP contribution is 2.40. The molecule has 1 N–H and O–H groups in total. The first-order valence-corrected chi connectivity index (χ1v) is 11.2. The zero-order chi connectivity index (χ0) is 22.5. The van der Waals surface area contributed by atoms with Gasteiger partial charge in [-0.3, -0.25) is 0 Å². The second kappa shape index (κ2) is 9.46. The molecule has 2 heteroatoms. The quantitative estimate of drug-likeness (QED) is 0.292. The molecule has 33 heavy (non-hydrogen) atoms. The Hall–Kier alpha value is -4.30. The number of nitrogens with zero attached hydrogens (tertiary/aromatic N) is 1. The van der Waals surface area contributed by atoms with Gasteiger partial charge in [-0.15, -0.1) is 0 Å². The molecule has 0 bridgehead atoms. The number of rotatable bonds is 6. The standard InChI is InChI=1S/C31H26N2/c1-24-13-8-9-20-29(24)25-14-12-15-26(23-25)32-30-21-10-11-22-31(30)33(27-16-4-2-5-17-27)28-18-6-3-7-19-28/h2-23,32H,1H3. The predicted octanol–water partition coefficient (Wildman–Crippen LogP) is 8.88. The number of hydrogen-bond acceptors (Lipinski definition) is 2. The highest BCUT2D eigenvalue weighted by atomic mass is 15.2. The lowest BCUT2D eigenvalue weighted by atomic mass is 10.0. The Bertz CT molecular complexity index is 1300. The third-order valence-corrected chi connectivity index (χ3v) is 5.77. The second-order valence-corrected chi connectivity index (χ2v) is 8.04. The van der Waals surface area contributed by atoms with Gasteiger partial charge in [-0.05, 0) is 72.1 Å². The molecule has 0 spiro atoms. The number of aryl methyl sites for hydroxylation is 1. The fourth-order valence-corrected chi connectivity index (χ4v) is 4.17. The van der Waals surface area contributed by atoms with Crippen LogP contribution in [-0.4, -0.2) is 0 Å². The molecule has 5 rings (SSSR count). The van der Waals surface area contributed by atoms with E-state index >= 15 is 0 Å². The van der Waals surface area contributed by atoms with Crippen LogP contribution >= 0.6 is 0 Å². The van der Waals surface area contributed by atoms with Crippen molar-refractivity contribution in [2.45, 2.75) is 6.92 Å². The molecule has 0 aromatic heterocycles. The molecule has 5 aromatic rings. The van der Waals surface area contributed by atoms with Crippen molar-refractivity contribution in [3.05, 3.63) is 139 Å². The lowest BCUT2D eigenvalue weighted by Gasteiger charge is -2.28. The molecule has 2 nitrogen and oxygen atoms in total. The van der Waals surface area contributed by atoms with Crippen molar-refractivity contribution >= 4 is 28.4 Å². The predicted molar refractivity (Wildman–Crippen MR) is 141 cm³/mol. The van der Waals surface area contributed by atoms with Gasteiger partial charge in [0.05, 0.1) is 11.4 Å². The van der Waals surface area contributed by atoms with Crippen LogP contribution in [0.3, 0.4) is 0 Å². The SMILES string of the molecule is Cc1ccccc1-c1cccc(Nc2ccccc2N(c2ccccc2)c2ccccc2)c1. The monoisotopic (exact) mass is 426 g/mol. The molecule has 0 radical (unpaired) electrons. The van der Waals surface area contributed by atoms with Crippen LogP contribution in [0.15, 0.2) is 133 Å². The van der Waals surface area contributed by atoms with Gasteiger partial charge in [0.1, 0.15) is 0 Å². The molecule has 0 aliphatic rings. The van der Waals surface area contributed by atoms with Gasteiger partial charge < -0.3 is 10.2 Å². The molecule has 0 atom stereocenters. The Morgan fingerprint density at radius 3 is 1.85 bits per heavy atom. The highest BCUT2D eigenvalue weighted by Gasteiger charge is 2.15. The fourth-order valence-electron chi connectivity index (χ4n) is 4.17. The van der Waals surface area contributed by atoms with Crippen LogP contribution in [0.25, 0.3) is 11.1 Å². The van der Waals surface area contributed by atoms with Crippen LogP contribution in [0.5, 0.6) is 0 Å². The minimum Gasteiger partial charge on any atom is -0.354 e. The molecule has 0 saturated carbocycles. The summed E-state index contributed by atoms with van der Waals surface area (Å²) in [6, 6.07) is 46.5. The number of benzene rings is 5. The van der Waals surface area contributed by atoms with Gasteiger partial charge in [-0.25, -0.2) is 0 Å². The maximum atomic E-state index is 3.68. The van der Waals surface area contributed by atoms with Crippen molar-refractivity contribution in [1.82, 2.24) is 0 Å². The number of nitrogens with one attached hydrogen (secondary N) is 1. The van der Waals surface area contributed by atoms with Crippen molar-refractivity contribution in [1.29, 1.82) is 0 Å². The van der Waals surface area contributed by atoms with Crippen LogP contribution in [0, 0.1) is 6.92 Å². The zero-order valence-corrected chi connectivity index (χ0v) is 18.6. The van der Waals surface area contributed by atoms with Gasteiger partial charge in [-0.1, -0.05) is 84.9 Å². The summed E-state index contributed by atoms with van der Waals surface area (Å²) < 4.78 is 0. The number of para-hydroxylation sites is 4. The average molecular weight is 427 g/mol. The van der Waals surface area contributed by atoms with Crippen LogP contribution < -0.4 is 10.2 Å². The van der Waals surface area contributed by atoms with Gasteiger partial charge in [0.2, 0.25) is 0 Å². The highest BCUT2D eigenvalue weighted by molar-refractivity contribution is 5.87. The average Bonchev–Trinajstić information content (AvgIpc) is 2.87. The van der Waals surface area contributed by atoms with Gasteiger partial charge in [0.25, 0.3) is 0 Å². The Balaban J connectivity index is 1.56. The van der Waals surface area contributed by atoms with Crippen molar-refractivity contribution in [3.8, 4) is 11.1 Å². The van der Waals surface area contributed by atoms with Gasteiger partial charge in [0.15, 0.2) is 0 Å². The molecule has 0 unspecified atom stereocenters. The lowest BCUT2D eigenvalue weighted by Crippen LogP contribution is -2.11.